The smallest absolute Gasteiger partial charge is 0.205 e. The number of nitrogens with one attached hydrogen (secondary N) is 1. The van der Waals surface area contributed by atoms with E-state index in [1.165, 1.54) is 41.5 Å². The summed E-state index contributed by atoms with van der Waals surface area (Å²) in [6.45, 7) is 3.41. The fourth-order valence-electron chi connectivity index (χ4n) is 2.23. The third-order valence-corrected chi connectivity index (χ3v) is 5.09. The Bertz CT molecular complexity index is 617. The first-order valence-electron chi connectivity index (χ1n) is 7.19. The normalized spacial score (nSPS) is 16.2. The van der Waals surface area contributed by atoms with Crippen molar-refractivity contribution >= 4 is 40.3 Å². The Morgan fingerprint density at radius 3 is 2.73 bits per heavy atom. The topological polar surface area (TPSA) is 66.5 Å². The zero-order chi connectivity index (χ0) is 15.2. The minimum absolute atomic E-state index is 0.517. The van der Waals surface area contributed by atoms with Crippen molar-refractivity contribution < 1.29 is 0 Å². The molecule has 3 rings (SSSR count). The van der Waals surface area contributed by atoms with Gasteiger partial charge in [-0.3, -0.25) is 10.3 Å². The third-order valence-electron chi connectivity index (χ3n) is 3.39. The Balaban J connectivity index is 1.52. The molecule has 7 heteroatoms. The van der Waals surface area contributed by atoms with Crippen LogP contribution < -0.4 is 11.2 Å². The van der Waals surface area contributed by atoms with E-state index in [0.717, 1.165) is 12.1 Å². The number of rotatable bonds is 5. The number of nitrogens with zero attached hydrogens (tertiary/aromatic N) is 3. The molecule has 116 valence electrons. The van der Waals surface area contributed by atoms with Gasteiger partial charge < -0.3 is 5.73 Å². The average molecular weight is 333 g/mol. The summed E-state index contributed by atoms with van der Waals surface area (Å²) in [5.74, 6) is 3.01. The summed E-state index contributed by atoms with van der Waals surface area (Å²) < 4.78 is 0. The van der Waals surface area contributed by atoms with Gasteiger partial charge >= 0.3 is 0 Å². The van der Waals surface area contributed by atoms with Gasteiger partial charge in [0.25, 0.3) is 0 Å². The van der Waals surface area contributed by atoms with Crippen molar-refractivity contribution in [2.45, 2.75) is 6.54 Å². The highest BCUT2D eigenvalue weighted by Gasteiger charge is 2.10. The summed E-state index contributed by atoms with van der Waals surface area (Å²) in [5, 5.41) is 6.66. The van der Waals surface area contributed by atoms with Crippen molar-refractivity contribution in [1.82, 2.24) is 9.88 Å². The summed E-state index contributed by atoms with van der Waals surface area (Å²) in [4.78, 5) is 6.59. The molecule has 2 heterocycles. The molecular weight excluding hydrogens is 314 g/mol. The van der Waals surface area contributed by atoms with Crippen LogP contribution >= 0.6 is 23.1 Å². The van der Waals surface area contributed by atoms with Gasteiger partial charge in [-0.2, -0.15) is 16.9 Å². The molecule has 1 saturated heterocycles. The van der Waals surface area contributed by atoms with Crippen molar-refractivity contribution in [3.05, 3.63) is 40.8 Å². The van der Waals surface area contributed by atoms with E-state index >= 15 is 0 Å². The fourth-order valence-corrected chi connectivity index (χ4v) is 3.75. The lowest BCUT2D eigenvalue weighted by atomic mass is 10.1. The van der Waals surface area contributed by atoms with Crippen molar-refractivity contribution in [1.29, 1.82) is 0 Å². The lowest BCUT2D eigenvalue weighted by Crippen LogP contribution is -2.31. The molecule has 3 N–H and O–H groups in total. The van der Waals surface area contributed by atoms with Gasteiger partial charge in [0, 0.05) is 36.5 Å². The molecule has 1 aromatic heterocycles. The lowest BCUT2D eigenvalue weighted by Gasteiger charge is -2.26. The Morgan fingerprint density at radius 1 is 1.27 bits per heavy atom. The van der Waals surface area contributed by atoms with Gasteiger partial charge in [-0.15, -0.1) is 11.3 Å². The number of nitrogen functional groups attached to an aromatic ring is 1. The Hall–Kier alpha value is -1.57. The zero-order valence-corrected chi connectivity index (χ0v) is 13.9. The third kappa shape index (κ3) is 4.46. The maximum absolute atomic E-state index is 5.56. The van der Waals surface area contributed by atoms with Gasteiger partial charge in [0.05, 0.1) is 6.21 Å². The highest BCUT2D eigenvalue weighted by Crippen LogP contribution is 2.16. The number of anilines is 2. The second-order valence-electron chi connectivity index (χ2n) is 5.08. The summed E-state index contributed by atoms with van der Waals surface area (Å²) in [5.41, 5.74) is 10.9. The van der Waals surface area contributed by atoms with Gasteiger partial charge in [0.15, 0.2) is 0 Å². The molecule has 0 amide bonds. The van der Waals surface area contributed by atoms with Crippen LogP contribution in [0.3, 0.4) is 0 Å². The standard InChI is InChI=1S/C15H19N5S2/c16-14-11-22-15(18-14)19-17-9-12-1-3-13(4-2-12)10-20-5-7-21-8-6-20/h1-4,9,11H,5-8,10,16H2,(H,18,19). The minimum atomic E-state index is 0.517. The number of hydrogen-bond donors (Lipinski definition) is 2. The maximum Gasteiger partial charge on any atom is 0.205 e. The zero-order valence-electron chi connectivity index (χ0n) is 12.2. The summed E-state index contributed by atoms with van der Waals surface area (Å²) in [6.07, 6.45) is 1.79. The predicted molar refractivity (Wildman–Crippen MR) is 96.8 cm³/mol. The number of thioether (sulfide) groups is 1. The second kappa shape index (κ2) is 7.62. The van der Waals surface area contributed by atoms with E-state index in [4.69, 9.17) is 5.73 Å². The highest BCUT2D eigenvalue weighted by atomic mass is 32.2. The average Bonchev–Trinajstić information content (AvgIpc) is 2.96. The van der Waals surface area contributed by atoms with Crippen molar-refractivity contribution in [3.63, 3.8) is 0 Å². The van der Waals surface area contributed by atoms with Gasteiger partial charge in [0.2, 0.25) is 5.13 Å². The predicted octanol–water partition coefficient (Wildman–Crippen LogP) is 2.72. The minimum Gasteiger partial charge on any atom is -0.383 e. The van der Waals surface area contributed by atoms with E-state index in [-0.39, 0.29) is 0 Å². The molecule has 0 spiro atoms. The van der Waals surface area contributed by atoms with Gasteiger partial charge in [-0.05, 0) is 11.1 Å². The van der Waals surface area contributed by atoms with E-state index in [1.807, 2.05) is 11.8 Å². The number of nitrogens with two attached hydrogens (primary N) is 1. The molecule has 0 aliphatic carbocycles. The van der Waals surface area contributed by atoms with Crippen LogP contribution in [0.15, 0.2) is 34.7 Å². The highest BCUT2D eigenvalue weighted by molar-refractivity contribution is 7.99. The van der Waals surface area contributed by atoms with E-state index in [2.05, 4.69) is 44.7 Å². The maximum atomic E-state index is 5.56. The van der Waals surface area contributed by atoms with Crippen LogP contribution in [0.25, 0.3) is 0 Å². The van der Waals surface area contributed by atoms with Gasteiger partial charge in [0.1, 0.15) is 5.82 Å². The molecule has 0 bridgehead atoms. The van der Waals surface area contributed by atoms with Crippen molar-refractivity contribution in [2.75, 3.05) is 35.8 Å². The van der Waals surface area contributed by atoms with Crippen LogP contribution in [0.1, 0.15) is 11.1 Å². The number of benzene rings is 1. The van der Waals surface area contributed by atoms with E-state index in [1.54, 1.807) is 11.6 Å². The van der Waals surface area contributed by atoms with E-state index in [0.29, 0.717) is 10.9 Å². The molecule has 2 aromatic rings. The first kappa shape index (κ1) is 15.3. The Labute approximate surface area is 138 Å². The first-order valence-corrected chi connectivity index (χ1v) is 9.22. The molecule has 0 unspecified atom stereocenters. The largest absolute Gasteiger partial charge is 0.383 e. The molecule has 5 nitrogen and oxygen atoms in total. The van der Waals surface area contributed by atoms with Crippen LogP contribution in [0.2, 0.25) is 0 Å². The van der Waals surface area contributed by atoms with Crippen LogP contribution in [-0.4, -0.2) is 40.7 Å². The molecule has 0 saturated carbocycles. The quantitative estimate of drug-likeness (QED) is 0.650. The molecule has 1 fully saturated rings. The number of hydrazone groups is 1. The molecule has 1 aliphatic rings. The Kier molecular flexibility index (Phi) is 5.31. The van der Waals surface area contributed by atoms with E-state index in [9.17, 15) is 0 Å². The van der Waals surface area contributed by atoms with Crippen LogP contribution in [0.5, 0.6) is 0 Å². The van der Waals surface area contributed by atoms with Crippen molar-refractivity contribution in [3.8, 4) is 0 Å². The number of thiazole rings is 1. The van der Waals surface area contributed by atoms with Gasteiger partial charge in [-0.1, -0.05) is 24.3 Å². The second-order valence-corrected chi connectivity index (χ2v) is 7.16. The van der Waals surface area contributed by atoms with E-state index < -0.39 is 0 Å². The first-order chi connectivity index (χ1) is 10.8. The summed E-state index contributed by atoms with van der Waals surface area (Å²) >= 11 is 3.48. The monoisotopic (exact) mass is 333 g/mol. The van der Waals surface area contributed by atoms with Crippen LogP contribution in [0, 0.1) is 0 Å². The van der Waals surface area contributed by atoms with Crippen LogP contribution in [0.4, 0.5) is 10.9 Å². The molecule has 0 atom stereocenters. The SMILES string of the molecule is Nc1csc(NN=Cc2ccc(CN3CCSCC3)cc2)n1. The number of aromatic nitrogens is 1. The molecular formula is C15H19N5S2. The fraction of sp³-hybridized carbons (Fsp3) is 0.333. The lowest BCUT2D eigenvalue weighted by molar-refractivity contribution is 0.294. The number of hydrogen-bond acceptors (Lipinski definition) is 7. The van der Waals surface area contributed by atoms with Crippen molar-refractivity contribution in [2.24, 2.45) is 5.10 Å². The summed E-state index contributed by atoms with van der Waals surface area (Å²) in [7, 11) is 0. The Morgan fingerprint density at radius 2 is 2.05 bits per heavy atom. The molecule has 22 heavy (non-hydrogen) atoms. The van der Waals surface area contributed by atoms with Gasteiger partial charge in [-0.25, -0.2) is 4.98 Å². The molecule has 1 aromatic carbocycles. The molecule has 1 aliphatic heterocycles. The molecule has 0 radical (unpaired) electrons. The van der Waals surface area contributed by atoms with Crippen LogP contribution in [-0.2, 0) is 6.54 Å². The summed E-state index contributed by atoms with van der Waals surface area (Å²) in [6, 6.07) is 8.53.